The third-order valence-corrected chi connectivity index (χ3v) is 10.7. The van der Waals surface area contributed by atoms with Crippen molar-refractivity contribution in [3.63, 3.8) is 0 Å². The quantitative estimate of drug-likeness (QED) is 0.0660. The molecule has 3 aromatic carbocycles. The minimum Gasteiger partial charge on any atom is -0.481 e. The highest BCUT2D eigenvalue weighted by Crippen LogP contribution is 2.37. The molecule has 2 heterocycles. The van der Waals surface area contributed by atoms with E-state index < -0.39 is 129 Å². The number of piperidine rings is 1. The van der Waals surface area contributed by atoms with Gasteiger partial charge >= 0.3 is 23.9 Å². The molecule has 0 aliphatic carbocycles. The number of aliphatic carboxylic acids is 4. The van der Waals surface area contributed by atoms with E-state index in [1.807, 2.05) is 12.1 Å². The number of nitrogens with zero attached hydrogens (tertiary/aromatic N) is 2. The number of carbonyl (C=O) groups is 10. The maximum atomic E-state index is 14.0. The van der Waals surface area contributed by atoms with Gasteiger partial charge in [-0.25, -0.2) is 4.79 Å². The molecule has 2 aliphatic heterocycles. The van der Waals surface area contributed by atoms with Crippen molar-refractivity contribution in [2.24, 2.45) is 0 Å². The Kier molecular flexibility index (Phi) is 15.9. The molecular weight excluding hydrogens is 825 g/mol. The van der Waals surface area contributed by atoms with Gasteiger partial charge in [0.15, 0.2) is 0 Å². The molecule has 0 aromatic heterocycles. The first-order valence-corrected chi connectivity index (χ1v) is 20.3. The summed E-state index contributed by atoms with van der Waals surface area (Å²) in [5.74, 6) is -11.5. The average Bonchev–Trinajstić information content (AvgIpc) is 3.25. The first kappa shape index (κ1) is 46.7. The standard InChI is InChI=1S/C43H48N6O14/c50-33(23-49-41(60)26-11-7-10-25-32(48-20-5-2-6-21-48)16-12-27(37(25)26)42(49)61)44-31(22-24-8-3-1-4-9-24)40(59)46-28(13-17-34(51)52)38(57)45-29(14-18-35(53)54)39(58)47-30(43(62)63)15-19-36(55)56/h1,3-4,7-12,16,28-31H,2,5-6,13-15,17-23H2,(H,44,50)(H,45,57)(H,46,59)(H,47,58)(H,51,52)(H,53,54)(H,55,56)(H,62,63)/t28?,29?,30?,31-/m0/s1. The Morgan fingerprint density at radius 1 is 0.556 bits per heavy atom. The van der Waals surface area contributed by atoms with Gasteiger partial charge in [-0.1, -0.05) is 42.5 Å². The Hall–Kier alpha value is -7.38. The number of carboxylic acid groups (broad SMARTS) is 4. The Balaban J connectivity index is 1.35. The van der Waals surface area contributed by atoms with Gasteiger partial charge in [-0.05, 0) is 62.3 Å². The zero-order valence-electron chi connectivity index (χ0n) is 34.0. The molecule has 2 aliphatic rings. The highest BCUT2D eigenvalue weighted by atomic mass is 16.4. The van der Waals surface area contributed by atoms with Crippen LogP contribution in [0, 0.1) is 0 Å². The number of carboxylic acids is 4. The van der Waals surface area contributed by atoms with Crippen LogP contribution in [0.3, 0.4) is 0 Å². The lowest BCUT2D eigenvalue weighted by molar-refractivity contribution is -0.144. The van der Waals surface area contributed by atoms with Crippen molar-refractivity contribution in [3.8, 4) is 0 Å². The summed E-state index contributed by atoms with van der Waals surface area (Å²) in [5.41, 5.74) is 1.86. The number of imide groups is 1. The van der Waals surface area contributed by atoms with Crippen LogP contribution in [0.25, 0.3) is 10.8 Å². The van der Waals surface area contributed by atoms with Crippen molar-refractivity contribution < 1.29 is 68.4 Å². The van der Waals surface area contributed by atoms with Crippen LogP contribution in [-0.2, 0) is 44.8 Å². The van der Waals surface area contributed by atoms with Gasteiger partial charge in [-0.15, -0.1) is 0 Å². The number of hydrogen-bond donors (Lipinski definition) is 8. The molecule has 0 spiro atoms. The van der Waals surface area contributed by atoms with E-state index >= 15 is 0 Å². The normalized spacial score (nSPS) is 15.4. The minimum atomic E-state index is -1.74. The van der Waals surface area contributed by atoms with Crippen LogP contribution in [0.2, 0.25) is 0 Å². The summed E-state index contributed by atoms with van der Waals surface area (Å²) in [6.45, 7) is 0.853. The largest absolute Gasteiger partial charge is 0.481 e. The van der Waals surface area contributed by atoms with Gasteiger partial charge in [0.2, 0.25) is 23.6 Å². The molecule has 1 fully saturated rings. The first-order chi connectivity index (χ1) is 30.0. The Labute approximate surface area is 360 Å². The summed E-state index contributed by atoms with van der Waals surface area (Å²) in [4.78, 5) is 131. The van der Waals surface area contributed by atoms with Crippen LogP contribution in [0.4, 0.5) is 5.69 Å². The number of rotatable bonds is 22. The first-order valence-electron chi connectivity index (χ1n) is 20.3. The molecule has 334 valence electrons. The lowest BCUT2D eigenvalue weighted by atomic mass is 9.92. The molecule has 0 radical (unpaired) electrons. The molecule has 0 bridgehead atoms. The van der Waals surface area contributed by atoms with Crippen molar-refractivity contribution in [1.29, 1.82) is 0 Å². The maximum Gasteiger partial charge on any atom is 0.326 e. The van der Waals surface area contributed by atoms with E-state index in [1.54, 1.807) is 48.5 Å². The molecule has 4 atom stereocenters. The van der Waals surface area contributed by atoms with E-state index in [9.17, 15) is 63.3 Å². The van der Waals surface area contributed by atoms with Crippen molar-refractivity contribution in [2.45, 2.75) is 88.4 Å². The SMILES string of the molecule is O=C(O)CCC(NC(=O)C(CCC(=O)O)NC(=O)C(CCC(=O)O)NC(=O)[C@H](Cc1ccccc1)NC(=O)CN1C(=O)c2cccc3c(N4CCCCC4)ccc(c23)C1=O)C(=O)O. The van der Waals surface area contributed by atoms with Crippen LogP contribution < -0.4 is 26.2 Å². The monoisotopic (exact) mass is 872 g/mol. The van der Waals surface area contributed by atoms with Gasteiger partial charge in [-0.3, -0.25) is 48.1 Å². The molecule has 3 aromatic rings. The molecule has 1 saturated heterocycles. The smallest absolute Gasteiger partial charge is 0.326 e. The van der Waals surface area contributed by atoms with Crippen LogP contribution in [0.5, 0.6) is 0 Å². The summed E-state index contributed by atoms with van der Waals surface area (Å²) in [6, 6.07) is 10.2. The average molecular weight is 873 g/mol. The Bertz CT molecular complexity index is 2260. The van der Waals surface area contributed by atoms with E-state index in [-0.39, 0.29) is 17.5 Å². The number of benzene rings is 3. The number of nitrogens with one attached hydrogen (secondary N) is 4. The van der Waals surface area contributed by atoms with Crippen LogP contribution in [0.1, 0.15) is 84.1 Å². The van der Waals surface area contributed by atoms with Crippen molar-refractivity contribution in [2.75, 3.05) is 24.5 Å². The second kappa shape index (κ2) is 21.4. The number of hydrogen-bond acceptors (Lipinski definition) is 11. The number of carbonyl (C=O) groups excluding carboxylic acids is 6. The maximum absolute atomic E-state index is 14.0. The van der Waals surface area contributed by atoms with Crippen LogP contribution in [-0.4, -0.2) is 128 Å². The lowest BCUT2D eigenvalue weighted by Crippen LogP contribution is -2.58. The predicted molar refractivity (Wildman–Crippen MR) is 221 cm³/mol. The number of amides is 6. The van der Waals surface area contributed by atoms with Gasteiger partial charge in [0.05, 0.1) is 0 Å². The molecule has 5 rings (SSSR count). The van der Waals surface area contributed by atoms with E-state index in [4.69, 9.17) is 5.11 Å². The fraction of sp³-hybridized carbons (Fsp3) is 0.395. The zero-order valence-corrected chi connectivity index (χ0v) is 34.0. The highest BCUT2D eigenvalue weighted by molar-refractivity contribution is 6.27. The zero-order chi connectivity index (χ0) is 45.8. The van der Waals surface area contributed by atoms with Crippen LogP contribution >= 0.6 is 0 Å². The van der Waals surface area contributed by atoms with Gasteiger partial charge in [0, 0.05) is 66.4 Å². The fourth-order valence-electron chi connectivity index (χ4n) is 7.54. The topological polar surface area (TPSA) is 306 Å². The van der Waals surface area contributed by atoms with Gasteiger partial charge < -0.3 is 46.6 Å². The van der Waals surface area contributed by atoms with Crippen molar-refractivity contribution >= 4 is 75.8 Å². The van der Waals surface area contributed by atoms with Crippen molar-refractivity contribution in [1.82, 2.24) is 26.2 Å². The molecule has 3 unspecified atom stereocenters. The number of anilines is 1. The summed E-state index contributed by atoms with van der Waals surface area (Å²) >= 11 is 0. The second-order valence-corrected chi connectivity index (χ2v) is 15.2. The van der Waals surface area contributed by atoms with E-state index in [0.717, 1.165) is 48.3 Å². The van der Waals surface area contributed by atoms with Gasteiger partial charge in [0.1, 0.15) is 30.7 Å². The third-order valence-electron chi connectivity index (χ3n) is 10.7. The summed E-state index contributed by atoms with van der Waals surface area (Å²) in [6.07, 6.45) is -0.818. The fourth-order valence-corrected chi connectivity index (χ4v) is 7.54. The Morgan fingerprint density at radius 2 is 1.06 bits per heavy atom. The van der Waals surface area contributed by atoms with Crippen molar-refractivity contribution in [3.05, 3.63) is 77.4 Å². The van der Waals surface area contributed by atoms with E-state index in [2.05, 4.69) is 26.2 Å². The molecule has 63 heavy (non-hydrogen) atoms. The summed E-state index contributed by atoms with van der Waals surface area (Å²) in [5, 5.41) is 47.7. The highest BCUT2D eigenvalue weighted by Gasteiger charge is 2.37. The lowest BCUT2D eigenvalue weighted by Gasteiger charge is -2.32. The van der Waals surface area contributed by atoms with Gasteiger partial charge in [-0.2, -0.15) is 0 Å². The molecule has 20 heteroatoms. The molecule has 20 nitrogen and oxygen atoms in total. The third kappa shape index (κ3) is 12.4. The molecule has 0 saturated carbocycles. The minimum absolute atomic E-state index is 0.189. The summed E-state index contributed by atoms with van der Waals surface area (Å²) in [7, 11) is 0. The van der Waals surface area contributed by atoms with Gasteiger partial charge in [0.25, 0.3) is 11.8 Å². The Morgan fingerprint density at radius 3 is 1.60 bits per heavy atom. The van der Waals surface area contributed by atoms with E-state index in [1.165, 1.54) is 0 Å². The predicted octanol–water partition coefficient (Wildman–Crippen LogP) is 1.29. The van der Waals surface area contributed by atoms with Crippen LogP contribution in [0.15, 0.2) is 60.7 Å². The second-order valence-electron chi connectivity index (χ2n) is 15.2. The molecule has 8 N–H and O–H groups in total. The molecular formula is C43H48N6O14. The van der Waals surface area contributed by atoms with E-state index in [0.29, 0.717) is 10.9 Å². The summed E-state index contributed by atoms with van der Waals surface area (Å²) < 4.78 is 0. The molecule has 6 amide bonds.